The van der Waals surface area contributed by atoms with Gasteiger partial charge >= 0.3 is 5.66 Å². The van der Waals surface area contributed by atoms with Crippen molar-refractivity contribution in [1.82, 2.24) is 13.9 Å². The van der Waals surface area contributed by atoms with E-state index >= 15 is 0 Å². The molecule has 1 unspecified atom stereocenters. The third kappa shape index (κ3) is 2.37. The molecule has 3 aromatic heterocycles. The van der Waals surface area contributed by atoms with E-state index in [4.69, 9.17) is 0 Å². The molecule has 5 nitrogen and oxygen atoms in total. The Morgan fingerprint density at radius 1 is 0.591 bits per heavy atom. The van der Waals surface area contributed by atoms with Crippen molar-refractivity contribution < 1.29 is 9.36 Å². The van der Waals surface area contributed by atoms with Crippen molar-refractivity contribution in [2.45, 2.75) is 19.5 Å². The number of nitrogens with zero attached hydrogens (tertiary/aromatic N) is 5. The highest BCUT2D eigenvalue weighted by Crippen LogP contribution is 2.53. The lowest BCUT2D eigenvalue weighted by molar-refractivity contribution is -1.02. The maximum atomic E-state index is 2.54. The molecule has 44 heavy (non-hydrogen) atoms. The third-order valence-electron chi connectivity index (χ3n) is 10.3. The third-order valence-corrected chi connectivity index (χ3v) is 10.3. The molecule has 0 amide bonds. The standard InChI is InChI=1S/C39H27N5/c1-24-21-25(2)44-39-36-33(40-22-29(23-41(39)40)28-17-15-27(16-18-28)26-9-4-3-5-10-26)13-8-14-34(36)42-32-12-7-6-11-30(32)31-19-20-35(43(24)44)37(39)38(31)42/h3-23H,1-2H3/q+2. The summed E-state index contributed by atoms with van der Waals surface area (Å²) in [5.41, 5.74) is 15.8. The molecule has 0 radical (unpaired) electrons. The summed E-state index contributed by atoms with van der Waals surface area (Å²) in [5.74, 6) is 0. The van der Waals surface area contributed by atoms with Gasteiger partial charge in [0.05, 0.1) is 34.2 Å². The minimum Gasteiger partial charge on any atom is -0.307 e. The largest absolute Gasteiger partial charge is 0.466 e. The number of aryl methyl sites for hydroxylation is 2. The Labute approximate surface area is 253 Å². The van der Waals surface area contributed by atoms with Gasteiger partial charge in [0, 0.05) is 23.8 Å². The predicted octanol–water partition coefficient (Wildman–Crippen LogP) is 7.13. The van der Waals surface area contributed by atoms with E-state index in [1.165, 1.54) is 83.6 Å². The van der Waals surface area contributed by atoms with Crippen molar-refractivity contribution in [2.24, 2.45) is 0 Å². The second kappa shape index (κ2) is 7.44. The van der Waals surface area contributed by atoms with Gasteiger partial charge in [-0.05, 0) is 63.3 Å². The average molecular weight is 566 g/mol. The molecular weight excluding hydrogens is 538 g/mol. The lowest BCUT2D eigenvalue weighted by atomic mass is 9.85. The Bertz CT molecular complexity index is 2560. The molecule has 1 atom stereocenters. The van der Waals surface area contributed by atoms with Crippen LogP contribution in [-0.4, -0.2) is 13.9 Å². The normalized spacial score (nSPS) is 16.5. The summed E-state index contributed by atoms with van der Waals surface area (Å²) in [5, 5.41) is 2.60. The molecular formula is C39H27N5+2. The first-order chi connectivity index (χ1) is 21.7. The van der Waals surface area contributed by atoms with Gasteiger partial charge in [0.25, 0.3) is 0 Å². The molecule has 5 aromatic carbocycles. The van der Waals surface area contributed by atoms with Crippen LogP contribution in [0.2, 0.25) is 0 Å². The number of hydrogen-bond donors (Lipinski definition) is 0. The number of rotatable bonds is 2. The van der Waals surface area contributed by atoms with Crippen molar-refractivity contribution in [3.63, 3.8) is 0 Å². The van der Waals surface area contributed by atoms with Gasteiger partial charge in [-0.2, -0.15) is 0 Å². The Kier molecular flexibility index (Phi) is 3.87. The minimum absolute atomic E-state index is 0.550. The molecule has 1 spiro atoms. The van der Waals surface area contributed by atoms with E-state index in [2.05, 4.69) is 165 Å². The van der Waals surface area contributed by atoms with Gasteiger partial charge in [0.2, 0.25) is 11.9 Å². The van der Waals surface area contributed by atoms with Crippen molar-refractivity contribution in [3.05, 3.63) is 150 Å². The van der Waals surface area contributed by atoms with Gasteiger partial charge in [-0.25, -0.2) is 0 Å². The van der Waals surface area contributed by atoms with Crippen molar-refractivity contribution in [1.29, 1.82) is 0 Å². The van der Waals surface area contributed by atoms with Crippen LogP contribution >= 0.6 is 0 Å². The van der Waals surface area contributed by atoms with Gasteiger partial charge in [-0.1, -0.05) is 78.9 Å². The minimum atomic E-state index is -0.550. The molecule has 206 valence electrons. The summed E-state index contributed by atoms with van der Waals surface area (Å²) in [6.45, 7) is 4.48. The van der Waals surface area contributed by atoms with Crippen LogP contribution in [0, 0.1) is 13.8 Å². The van der Waals surface area contributed by atoms with Crippen LogP contribution in [-0.2, 0) is 5.66 Å². The van der Waals surface area contributed by atoms with Gasteiger partial charge in [-0.15, -0.1) is 9.36 Å². The Hall–Kier alpha value is -5.68. The summed E-state index contributed by atoms with van der Waals surface area (Å²) < 4.78 is 12.4. The second-order valence-electron chi connectivity index (χ2n) is 12.4. The molecule has 0 saturated heterocycles. The molecule has 0 fully saturated rings. The van der Waals surface area contributed by atoms with Crippen LogP contribution in [0.3, 0.4) is 0 Å². The topological polar surface area (TPSA) is 22.5 Å². The van der Waals surface area contributed by atoms with E-state index in [1.807, 2.05) is 0 Å². The van der Waals surface area contributed by atoms with Gasteiger partial charge < -0.3 is 4.57 Å². The predicted molar refractivity (Wildman–Crippen MR) is 172 cm³/mol. The molecule has 0 N–H and O–H groups in total. The molecule has 3 aliphatic heterocycles. The Balaban J connectivity index is 1.26. The maximum absolute atomic E-state index is 2.54. The van der Waals surface area contributed by atoms with Crippen LogP contribution in [0.1, 0.15) is 22.5 Å². The fourth-order valence-electron chi connectivity index (χ4n) is 8.67. The summed E-state index contributed by atoms with van der Waals surface area (Å²) in [6.07, 6.45) is 4.69. The lowest BCUT2D eigenvalue weighted by Crippen LogP contribution is -2.75. The zero-order valence-electron chi connectivity index (χ0n) is 24.4. The van der Waals surface area contributed by atoms with Crippen LogP contribution in [0.15, 0.2) is 128 Å². The van der Waals surface area contributed by atoms with Crippen LogP contribution in [0.4, 0.5) is 0 Å². The molecule has 0 bridgehead atoms. The number of fused-ring (bicyclic) bond motifs is 8. The molecule has 8 aromatic rings. The summed E-state index contributed by atoms with van der Waals surface area (Å²) in [6, 6.07) is 42.3. The second-order valence-corrected chi connectivity index (χ2v) is 12.4. The fourth-order valence-corrected chi connectivity index (χ4v) is 8.67. The average Bonchev–Trinajstić information content (AvgIpc) is 3.84. The van der Waals surface area contributed by atoms with Crippen LogP contribution in [0.25, 0.3) is 61.1 Å². The number of hydrogen-bond acceptors (Lipinski definition) is 0. The Morgan fingerprint density at radius 2 is 1.32 bits per heavy atom. The van der Waals surface area contributed by atoms with Crippen molar-refractivity contribution >= 4 is 21.8 Å². The fraction of sp³-hybridized carbons (Fsp3) is 0.0769. The quantitative estimate of drug-likeness (QED) is 0.199. The smallest absolute Gasteiger partial charge is 0.307 e. The van der Waals surface area contributed by atoms with Gasteiger partial charge in [0.15, 0.2) is 11.1 Å². The maximum Gasteiger partial charge on any atom is 0.466 e. The Morgan fingerprint density at radius 3 is 2.16 bits per heavy atom. The van der Waals surface area contributed by atoms with Gasteiger partial charge in [-0.3, -0.25) is 0 Å². The van der Waals surface area contributed by atoms with Crippen molar-refractivity contribution in [3.8, 4) is 39.3 Å². The zero-order valence-corrected chi connectivity index (χ0v) is 24.4. The van der Waals surface area contributed by atoms with E-state index in [9.17, 15) is 0 Å². The molecule has 11 rings (SSSR count). The molecule has 0 saturated carbocycles. The zero-order chi connectivity index (χ0) is 28.9. The van der Waals surface area contributed by atoms with E-state index in [-0.39, 0.29) is 0 Å². The number of benzene rings is 5. The molecule has 5 heteroatoms. The number of para-hydroxylation sites is 1. The summed E-state index contributed by atoms with van der Waals surface area (Å²) >= 11 is 0. The van der Waals surface area contributed by atoms with E-state index in [1.54, 1.807) is 0 Å². The summed E-state index contributed by atoms with van der Waals surface area (Å²) in [4.78, 5) is 0. The van der Waals surface area contributed by atoms with Crippen LogP contribution < -0.4 is 9.36 Å². The number of aromatic nitrogens is 5. The highest BCUT2D eigenvalue weighted by Gasteiger charge is 2.73. The molecule has 0 aliphatic carbocycles. The van der Waals surface area contributed by atoms with Gasteiger partial charge in [0.1, 0.15) is 11.4 Å². The first kappa shape index (κ1) is 22.9. The van der Waals surface area contributed by atoms with Crippen LogP contribution in [0.5, 0.6) is 0 Å². The highest BCUT2D eigenvalue weighted by molar-refractivity contribution is 6.12. The molecule has 6 heterocycles. The lowest BCUT2D eigenvalue weighted by Gasteiger charge is -2.23. The molecule has 3 aliphatic rings. The van der Waals surface area contributed by atoms with Crippen molar-refractivity contribution in [2.75, 3.05) is 0 Å². The SMILES string of the molecule is Cc1cc(C)[n+]2n1-c1ccc3c4ccccc4n4c3c1C21c2c-4cccc2-n2cc(-c3ccc(-c4ccccc4)cc3)c[n+]21. The summed E-state index contributed by atoms with van der Waals surface area (Å²) in [7, 11) is 0. The van der Waals surface area contributed by atoms with E-state index in [0.717, 1.165) is 0 Å². The first-order valence-electron chi connectivity index (χ1n) is 15.3. The first-order valence-corrected chi connectivity index (χ1v) is 15.3. The monoisotopic (exact) mass is 565 g/mol. The van der Waals surface area contributed by atoms with E-state index < -0.39 is 5.66 Å². The highest BCUT2D eigenvalue weighted by atomic mass is 15.6. The van der Waals surface area contributed by atoms with E-state index in [0.29, 0.717) is 0 Å².